The summed E-state index contributed by atoms with van der Waals surface area (Å²) in [6.45, 7) is 3.27. The highest BCUT2D eigenvalue weighted by molar-refractivity contribution is 5.73. The predicted octanol–water partition coefficient (Wildman–Crippen LogP) is 1.88. The zero-order valence-corrected chi connectivity index (χ0v) is 11.7. The second-order valence-electron chi connectivity index (χ2n) is 5.12. The Morgan fingerprint density at radius 2 is 1.89 bits per heavy atom. The first-order valence-corrected chi connectivity index (χ1v) is 6.83. The Labute approximate surface area is 114 Å². The van der Waals surface area contributed by atoms with Gasteiger partial charge in [0, 0.05) is 33.0 Å². The summed E-state index contributed by atoms with van der Waals surface area (Å²) < 4.78 is 5.69. The molecule has 1 aromatic rings. The minimum Gasteiger partial charge on any atom is -0.376 e. The molecule has 0 aromatic heterocycles. The van der Waals surface area contributed by atoms with Gasteiger partial charge in [-0.15, -0.1) is 0 Å². The lowest BCUT2D eigenvalue weighted by molar-refractivity contribution is 0.00178. The van der Waals surface area contributed by atoms with Gasteiger partial charge in [-0.05, 0) is 17.5 Å². The van der Waals surface area contributed by atoms with E-state index in [0.717, 1.165) is 19.3 Å². The molecule has 0 bridgehead atoms. The van der Waals surface area contributed by atoms with Crippen molar-refractivity contribution in [2.24, 2.45) is 0 Å². The summed E-state index contributed by atoms with van der Waals surface area (Å²) in [5.74, 6) is 0. The van der Waals surface area contributed by atoms with Crippen molar-refractivity contribution in [3.63, 3.8) is 0 Å². The number of urea groups is 1. The van der Waals surface area contributed by atoms with E-state index in [2.05, 4.69) is 22.8 Å². The fourth-order valence-corrected chi connectivity index (χ4v) is 2.54. The van der Waals surface area contributed by atoms with Crippen LogP contribution in [0.5, 0.6) is 0 Å². The van der Waals surface area contributed by atoms with E-state index < -0.39 is 0 Å². The molecule has 0 saturated heterocycles. The summed E-state index contributed by atoms with van der Waals surface area (Å²) in [7, 11) is 1.72. The average Bonchev–Trinajstić information content (AvgIpc) is 2.82. The Morgan fingerprint density at radius 1 is 1.26 bits per heavy atom. The van der Waals surface area contributed by atoms with Gasteiger partial charge in [-0.2, -0.15) is 0 Å². The third-order valence-electron chi connectivity index (χ3n) is 3.68. The number of carbonyl (C=O) groups is 1. The molecule has 0 aliphatic heterocycles. The van der Waals surface area contributed by atoms with Crippen molar-refractivity contribution in [3.05, 3.63) is 35.4 Å². The van der Waals surface area contributed by atoms with Crippen LogP contribution in [-0.4, -0.2) is 31.8 Å². The monoisotopic (exact) mass is 262 g/mol. The van der Waals surface area contributed by atoms with E-state index in [1.165, 1.54) is 11.1 Å². The molecule has 2 amide bonds. The quantitative estimate of drug-likeness (QED) is 0.851. The van der Waals surface area contributed by atoms with Crippen LogP contribution in [0.15, 0.2) is 24.3 Å². The Kier molecular flexibility index (Phi) is 4.43. The summed E-state index contributed by atoms with van der Waals surface area (Å²) in [6, 6.07) is 8.24. The van der Waals surface area contributed by atoms with E-state index in [-0.39, 0.29) is 11.6 Å². The first-order valence-electron chi connectivity index (χ1n) is 6.83. The molecule has 19 heavy (non-hydrogen) atoms. The second-order valence-corrected chi connectivity index (χ2v) is 5.12. The lowest BCUT2D eigenvalue weighted by Crippen LogP contribution is -2.48. The predicted molar refractivity (Wildman–Crippen MR) is 75.3 cm³/mol. The van der Waals surface area contributed by atoms with Crippen LogP contribution >= 0.6 is 0 Å². The molecule has 104 valence electrons. The van der Waals surface area contributed by atoms with Gasteiger partial charge >= 0.3 is 6.03 Å². The normalized spacial score (nSPS) is 15.9. The van der Waals surface area contributed by atoms with Crippen molar-refractivity contribution < 1.29 is 9.53 Å². The van der Waals surface area contributed by atoms with Crippen LogP contribution in [0.1, 0.15) is 24.5 Å². The molecular formula is C15H22N2O2. The lowest BCUT2D eigenvalue weighted by Gasteiger charge is -2.27. The van der Waals surface area contributed by atoms with Gasteiger partial charge in [-0.25, -0.2) is 4.79 Å². The molecule has 0 atom stereocenters. The molecule has 1 aliphatic rings. The average molecular weight is 262 g/mol. The molecule has 2 N–H and O–H groups in total. The third-order valence-corrected chi connectivity index (χ3v) is 3.68. The molecule has 0 heterocycles. The van der Waals surface area contributed by atoms with Gasteiger partial charge in [-0.3, -0.25) is 0 Å². The number of methoxy groups -OCH3 is 1. The number of benzene rings is 1. The molecule has 4 heteroatoms. The molecule has 4 nitrogen and oxygen atoms in total. The minimum absolute atomic E-state index is 0.116. The maximum atomic E-state index is 11.6. The van der Waals surface area contributed by atoms with Crippen molar-refractivity contribution in [2.75, 3.05) is 20.2 Å². The molecule has 1 aliphatic carbocycles. The van der Waals surface area contributed by atoms with E-state index in [0.29, 0.717) is 13.1 Å². The Bertz CT molecular complexity index is 421. The van der Waals surface area contributed by atoms with Crippen LogP contribution in [0.3, 0.4) is 0 Å². The summed E-state index contributed by atoms with van der Waals surface area (Å²) >= 11 is 0. The van der Waals surface area contributed by atoms with Gasteiger partial charge in [0.2, 0.25) is 0 Å². The summed E-state index contributed by atoms with van der Waals surface area (Å²) in [5, 5.41) is 5.72. The first-order chi connectivity index (χ1) is 9.19. The maximum Gasteiger partial charge on any atom is 0.314 e. The Balaban J connectivity index is 1.93. The molecule has 0 fully saturated rings. The van der Waals surface area contributed by atoms with Crippen LogP contribution in [-0.2, 0) is 17.6 Å². The molecule has 2 rings (SSSR count). The van der Waals surface area contributed by atoms with Crippen molar-refractivity contribution in [3.8, 4) is 0 Å². The second kappa shape index (κ2) is 6.06. The minimum atomic E-state index is -0.298. The van der Waals surface area contributed by atoms with Crippen molar-refractivity contribution in [1.82, 2.24) is 10.6 Å². The standard InChI is InChI=1S/C15H22N2O2/c1-3-8-16-14(18)17-11-15(19-2)9-12-6-4-5-7-13(12)10-15/h4-7H,3,8-11H2,1-2H3,(H2,16,17,18). The van der Waals surface area contributed by atoms with Crippen LogP contribution in [0.25, 0.3) is 0 Å². The number of hydrogen-bond donors (Lipinski definition) is 2. The largest absolute Gasteiger partial charge is 0.376 e. The van der Waals surface area contributed by atoms with Gasteiger partial charge in [0.05, 0.1) is 5.60 Å². The number of amides is 2. The summed E-state index contributed by atoms with van der Waals surface area (Å²) in [4.78, 5) is 11.6. The van der Waals surface area contributed by atoms with Gasteiger partial charge in [0.1, 0.15) is 0 Å². The van der Waals surface area contributed by atoms with Gasteiger partial charge in [-0.1, -0.05) is 31.2 Å². The van der Waals surface area contributed by atoms with Crippen LogP contribution in [0.4, 0.5) is 4.79 Å². The van der Waals surface area contributed by atoms with Gasteiger partial charge < -0.3 is 15.4 Å². The Hall–Kier alpha value is -1.55. The smallest absolute Gasteiger partial charge is 0.314 e. The number of carbonyl (C=O) groups excluding carboxylic acids is 1. The van der Waals surface area contributed by atoms with Crippen LogP contribution < -0.4 is 10.6 Å². The molecular weight excluding hydrogens is 240 g/mol. The number of rotatable bonds is 5. The fourth-order valence-electron chi connectivity index (χ4n) is 2.54. The zero-order chi connectivity index (χ0) is 13.7. The highest BCUT2D eigenvalue weighted by atomic mass is 16.5. The highest BCUT2D eigenvalue weighted by Gasteiger charge is 2.37. The fraction of sp³-hybridized carbons (Fsp3) is 0.533. The number of nitrogens with one attached hydrogen (secondary N) is 2. The van der Waals surface area contributed by atoms with E-state index in [1.807, 2.05) is 19.1 Å². The molecule has 1 aromatic carbocycles. The lowest BCUT2D eigenvalue weighted by atomic mass is 10.0. The van der Waals surface area contributed by atoms with E-state index in [9.17, 15) is 4.79 Å². The van der Waals surface area contributed by atoms with E-state index >= 15 is 0 Å². The zero-order valence-electron chi connectivity index (χ0n) is 11.7. The van der Waals surface area contributed by atoms with E-state index in [4.69, 9.17) is 4.74 Å². The SMILES string of the molecule is CCCNC(=O)NCC1(OC)Cc2ccccc2C1. The first kappa shape index (κ1) is 13.9. The van der Waals surface area contributed by atoms with E-state index in [1.54, 1.807) is 7.11 Å². The highest BCUT2D eigenvalue weighted by Crippen LogP contribution is 2.31. The molecule has 0 saturated carbocycles. The third kappa shape index (κ3) is 3.26. The number of hydrogen-bond acceptors (Lipinski definition) is 2. The van der Waals surface area contributed by atoms with Crippen LogP contribution in [0, 0.1) is 0 Å². The van der Waals surface area contributed by atoms with Crippen molar-refractivity contribution >= 4 is 6.03 Å². The maximum absolute atomic E-state index is 11.6. The number of fused-ring (bicyclic) bond motifs is 1. The number of ether oxygens (including phenoxy) is 1. The molecule has 0 spiro atoms. The summed E-state index contributed by atoms with van der Waals surface area (Å²) in [6.07, 6.45) is 2.65. The topological polar surface area (TPSA) is 50.4 Å². The van der Waals surface area contributed by atoms with Crippen LogP contribution in [0.2, 0.25) is 0 Å². The van der Waals surface area contributed by atoms with Crippen molar-refractivity contribution in [2.45, 2.75) is 31.8 Å². The summed E-state index contributed by atoms with van der Waals surface area (Å²) in [5.41, 5.74) is 2.34. The van der Waals surface area contributed by atoms with Gasteiger partial charge in [0.25, 0.3) is 0 Å². The van der Waals surface area contributed by atoms with Crippen molar-refractivity contribution in [1.29, 1.82) is 0 Å². The molecule has 0 radical (unpaired) electrons. The molecule has 0 unspecified atom stereocenters. The Morgan fingerprint density at radius 3 is 2.42 bits per heavy atom. The van der Waals surface area contributed by atoms with Gasteiger partial charge in [0.15, 0.2) is 0 Å².